The lowest BCUT2D eigenvalue weighted by atomic mass is 10.1. The normalized spacial score (nSPS) is 21.9. The van der Waals surface area contributed by atoms with Crippen LogP contribution in [0.25, 0.3) is 0 Å². The average Bonchev–Trinajstić information content (AvgIpc) is 3.35. The molecule has 4 rings (SSSR count). The molecule has 0 radical (unpaired) electrons. The lowest BCUT2D eigenvalue weighted by Crippen LogP contribution is -2.47. The van der Waals surface area contributed by atoms with Gasteiger partial charge in [-0.25, -0.2) is 0 Å². The summed E-state index contributed by atoms with van der Waals surface area (Å²) in [5.41, 5.74) is 5.25. The highest BCUT2D eigenvalue weighted by Crippen LogP contribution is 2.31. The molecule has 1 amide bonds. The number of likely N-dealkylation sites (tertiary alicyclic amines) is 1. The molecule has 2 aromatic rings. The van der Waals surface area contributed by atoms with Crippen molar-refractivity contribution in [3.8, 4) is 5.75 Å². The Morgan fingerprint density at radius 3 is 2.52 bits per heavy atom. The number of hydrogen-bond donors (Lipinski definition) is 2. The highest BCUT2D eigenvalue weighted by atomic mass is 16.5. The Bertz CT molecular complexity index is 857. The van der Waals surface area contributed by atoms with Gasteiger partial charge in [0.25, 0.3) is 0 Å². The van der Waals surface area contributed by atoms with Crippen LogP contribution in [0.1, 0.15) is 28.7 Å². The fraction of sp³-hybridized carbons (Fsp3) is 0.458. The third-order valence-electron chi connectivity index (χ3n) is 6.44. The van der Waals surface area contributed by atoms with Crippen LogP contribution in [-0.2, 0) is 24.2 Å². The SMILES string of the molecule is CNC(=O)[C@@H]1C[C@@H](NCc2ccc(OC)c(C)c2)CN1C1Cc2ccccc2C1. The molecule has 1 saturated heterocycles. The summed E-state index contributed by atoms with van der Waals surface area (Å²) in [6.07, 6.45) is 2.92. The maximum absolute atomic E-state index is 12.6. The first-order valence-electron chi connectivity index (χ1n) is 10.5. The van der Waals surface area contributed by atoms with Gasteiger partial charge in [-0.3, -0.25) is 9.69 Å². The van der Waals surface area contributed by atoms with Crippen molar-refractivity contribution in [1.82, 2.24) is 15.5 Å². The van der Waals surface area contributed by atoms with Crippen LogP contribution in [0.2, 0.25) is 0 Å². The molecule has 2 aromatic carbocycles. The van der Waals surface area contributed by atoms with Gasteiger partial charge in [-0.1, -0.05) is 36.4 Å². The zero-order valence-corrected chi connectivity index (χ0v) is 17.6. The minimum absolute atomic E-state index is 0.0607. The molecular formula is C24H31N3O2. The fourth-order valence-corrected chi connectivity index (χ4v) is 4.92. The molecule has 29 heavy (non-hydrogen) atoms. The van der Waals surface area contributed by atoms with Crippen molar-refractivity contribution in [1.29, 1.82) is 0 Å². The second kappa shape index (κ2) is 8.56. The van der Waals surface area contributed by atoms with Gasteiger partial charge in [0.1, 0.15) is 5.75 Å². The first-order chi connectivity index (χ1) is 14.1. The van der Waals surface area contributed by atoms with E-state index in [9.17, 15) is 4.79 Å². The second-order valence-corrected chi connectivity index (χ2v) is 8.28. The molecule has 2 N–H and O–H groups in total. The highest BCUT2D eigenvalue weighted by Gasteiger charge is 2.41. The highest BCUT2D eigenvalue weighted by molar-refractivity contribution is 5.82. The molecule has 1 aliphatic heterocycles. The Morgan fingerprint density at radius 2 is 1.90 bits per heavy atom. The molecule has 0 aromatic heterocycles. The molecule has 5 nitrogen and oxygen atoms in total. The molecule has 0 saturated carbocycles. The third-order valence-corrected chi connectivity index (χ3v) is 6.44. The standard InChI is InChI=1S/C24H31N3O2/c1-16-10-17(8-9-23(16)29-3)14-26-20-13-22(24(28)25-2)27(15-20)21-11-18-6-4-5-7-19(18)12-21/h4-10,20-22,26H,11-15H2,1-3H3,(H,25,28)/t20-,22+/m1/s1. The maximum Gasteiger partial charge on any atom is 0.237 e. The molecule has 0 spiro atoms. The summed E-state index contributed by atoms with van der Waals surface area (Å²) in [5.74, 6) is 1.05. The van der Waals surface area contributed by atoms with Crippen LogP contribution in [0.3, 0.4) is 0 Å². The van der Waals surface area contributed by atoms with E-state index in [1.165, 1.54) is 16.7 Å². The van der Waals surface area contributed by atoms with Crippen LogP contribution < -0.4 is 15.4 Å². The van der Waals surface area contributed by atoms with E-state index in [0.29, 0.717) is 12.1 Å². The van der Waals surface area contributed by atoms with Crippen LogP contribution >= 0.6 is 0 Å². The molecule has 5 heteroatoms. The van der Waals surface area contributed by atoms with Gasteiger partial charge >= 0.3 is 0 Å². The number of benzene rings is 2. The van der Waals surface area contributed by atoms with Gasteiger partial charge in [0, 0.05) is 32.2 Å². The molecule has 2 atom stereocenters. The van der Waals surface area contributed by atoms with E-state index >= 15 is 0 Å². The van der Waals surface area contributed by atoms with Crippen LogP contribution in [0.4, 0.5) is 0 Å². The van der Waals surface area contributed by atoms with Crippen LogP contribution in [0, 0.1) is 6.92 Å². The molecule has 1 fully saturated rings. The van der Waals surface area contributed by atoms with Gasteiger partial charge in [0.2, 0.25) is 5.91 Å². The van der Waals surface area contributed by atoms with Crippen molar-refractivity contribution in [2.24, 2.45) is 0 Å². The zero-order valence-electron chi connectivity index (χ0n) is 17.6. The van der Waals surface area contributed by atoms with E-state index in [-0.39, 0.29) is 11.9 Å². The predicted octanol–water partition coefficient (Wildman–Crippen LogP) is 2.45. The van der Waals surface area contributed by atoms with E-state index < -0.39 is 0 Å². The van der Waals surface area contributed by atoms with Gasteiger partial charge in [0.15, 0.2) is 0 Å². The Hall–Kier alpha value is -2.37. The lowest BCUT2D eigenvalue weighted by molar-refractivity contribution is -0.125. The van der Waals surface area contributed by atoms with Crippen molar-refractivity contribution in [3.63, 3.8) is 0 Å². The van der Waals surface area contributed by atoms with Gasteiger partial charge in [-0.05, 0) is 54.5 Å². The van der Waals surface area contributed by atoms with E-state index in [1.54, 1.807) is 14.2 Å². The van der Waals surface area contributed by atoms with Crippen molar-refractivity contribution in [2.45, 2.75) is 50.9 Å². The van der Waals surface area contributed by atoms with Crippen LogP contribution in [-0.4, -0.2) is 49.6 Å². The molecule has 1 aliphatic carbocycles. The lowest BCUT2D eigenvalue weighted by Gasteiger charge is -2.29. The first-order valence-corrected chi connectivity index (χ1v) is 10.5. The van der Waals surface area contributed by atoms with Crippen molar-refractivity contribution >= 4 is 5.91 Å². The minimum atomic E-state index is -0.0607. The number of carbonyl (C=O) groups excluding carboxylic acids is 1. The van der Waals surface area contributed by atoms with Gasteiger partial charge in [-0.2, -0.15) is 0 Å². The summed E-state index contributed by atoms with van der Waals surface area (Å²) in [6.45, 7) is 3.78. The maximum atomic E-state index is 12.6. The second-order valence-electron chi connectivity index (χ2n) is 8.28. The van der Waals surface area contributed by atoms with Crippen LogP contribution in [0.15, 0.2) is 42.5 Å². The molecule has 1 heterocycles. The largest absolute Gasteiger partial charge is 0.496 e. The van der Waals surface area contributed by atoms with Gasteiger partial charge in [0.05, 0.1) is 13.2 Å². The smallest absolute Gasteiger partial charge is 0.237 e. The fourth-order valence-electron chi connectivity index (χ4n) is 4.92. The van der Waals surface area contributed by atoms with Crippen molar-refractivity contribution < 1.29 is 9.53 Å². The van der Waals surface area contributed by atoms with E-state index in [0.717, 1.165) is 43.7 Å². The summed E-state index contributed by atoms with van der Waals surface area (Å²) in [4.78, 5) is 15.0. The Morgan fingerprint density at radius 1 is 1.17 bits per heavy atom. The number of hydrogen-bond acceptors (Lipinski definition) is 4. The summed E-state index contributed by atoms with van der Waals surface area (Å²) >= 11 is 0. The number of nitrogens with one attached hydrogen (secondary N) is 2. The Balaban J connectivity index is 1.42. The number of methoxy groups -OCH3 is 1. The predicted molar refractivity (Wildman–Crippen MR) is 115 cm³/mol. The Labute approximate surface area is 173 Å². The summed E-state index contributed by atoms with van der Waals surface area (Å²) < 4.78 is 5.36. The number of carbonyl (C=O) groups is 1. The van der Waals surface area contributed by atoms with E-state index in [4.69, 9.17) is 4.74 Å². The molecule has 2 aliphatic rings. The number of amides is 1. The summed E-state index contributed by atoms with van der Waals surface area (Å²) in [6, 6.07) is 15.6. The molecule has 154 valence electrons. The number of aryl methyl sites for hydroxylation is 1. The molecule has 0 unspecified atom stereocenters. The third kappa shape index (κ3) is 4.16. The first kappa shape index (κ1) is 19.9. The van der Waals surface area contributed by atoms with E-state index in [1.807, 2.05) is 6.07 Å². The van der Waals surface area contributed by atoms with Crippen molar-refractivity contribution in [2.75, 3.05) is 20.7 Å². The summed E-state index contributed by atoms with van der Waals surface area (Å²) in [7, 11) is 3.44. The monoisotopic (exact) mass is 393 g/mol. The number of likely N-dealkylation sites (N-methyl/N-ethyl adjacent to an activating group) is 1. The summed E-state index contributed by atoms with van der Waals surface area (Å²) in [5, 5.41) is 6.56. The zero-order chi connectivity index (χ0) is 20.4. The van der Waals surface area contributed by atoms with Gasteiger partial charge in [-0.15, -0.1) is 0 Å². The minimum Gasteiger partial charge on any atom is -0.496 e. The average molecular weight is 394 g/mol. The number of nitrogens with zero attached hydrogens (tertiary/aromatic N) is 1. The number of ether oxygens (including phenoxy) is 1. The molecule has 0 bridgehead atoms. The molecular weight excluding hydrogens is 362 g/mol. The van der Waals surface area contributed by atoms with Gasteiger partial charge < -0.3 is 15.4 Å². The topological polar surface area (TPSA) is 53.6 Å². The Kier molecular flexibility index (Phi) is 5.88. The van der Waals surface area contributed by atoms with Crippen LogP contribution in [0.5, 0.6) is 5.75 Å². The van der Waals surface area contributed by atoms with E-state index in [2.05, 4.69) is 58.9 Å². The number of rotatable bonds is 6. The van der Waals surface area contributed by atoms with Crippen molar-refractivity contribution in [3.05, 3.63) is 64.7 Å². The number of fused-ring (bicyclic) bond motifs is 1. The quantitative estimate of drug-likeness (QED) is 0.792.